The summed E-state index contributed by atoms with van der Waals surface area (Å²) in [6.45, 7) is 3.76. The molecule has 0 spiro atoms. The minimum absolute atomic E-state index is 0.297. The Morgan fingerprint density at radius 2 is 1.91 bits per heavy atom. The molecule has 0 aromatic heterocycles. The summed E-state index contributed by atoms with van der Waals surface area (Å²) in [6.07, 6.45) is 6.83. The van der Waals surface area contributed by atoms with E-state index in [0.29, 0.717) is 35.8 Å². The number of likely N-dealkylation sites (tertiary alicyclic amines) is 1. The maximum absolute atomic E-state index is 13.6. The molecule has 3 aliphatic rings. The van der Waals surface area contributed by atoms with Gasteiger partial charge in [-0.05, 0) is 99.0 Å². The largest absolute Gasteiger partial charge is 0.497 e. The van der Waals surface area contributed by atoms with E-state index in [-0.39, 0.29) is 5.82 Å². The number of aliphatic hydroxyl groups excluding tert-OH is 1. The maximum Gasteiger partial charge on any atom is 0.130 e. The van der Waals surface area contributed by atoms with Gasteiger partial charge in [0.05, 0.1) is 7.11 Å². The molecule has 5 nitrogen and oxygen atoms in total. The molecule has 3 unspecified atom stereocenters. The van der Waals surface area contributed by atoms with Gasteiger partial charge in [0.2, 0.25) is 0 Å². The van der Waals surface area contributed by atoms with E-state index in [4.69, 9.17) is 9.47 Å². The van der Waals surface area contributed by atoms with Crippen LogP contribution in [0.2, 0.25) is 0 Å². The second-order valence-corrected chi connectivity index (χ2v) is 9.98. The number of hydrogen-bond donors (Lipinski definition) is 2. The average Bonchev–Trinajstić information content (AvgIpc) is 3.30. The molecule has 1 saturated carbocycles. The van der Waals surface area contributed by atoms with E-state index in [1.807, 2.05) is 6.08 Å². The summed E-state index contributed by atoms with van der Waals surface area (Å²) in [5.74, 6) is 2.58. The number of nitrogens with zero attached hydrogens (tertiary/aromatic N) is 1. The smallest absolute Gasteiger partial charge is 0.130 e. The number of halogens is 1. The second-order valence-electron chi connectivity index (χ2n) is 9.98. The third-order valence-corrected chi connectivity index (χ3v) is 7.68. The fourth-order valence-electron chi connectivity index (χ4n) is 5.74. The Morgan fingerprint density at radius 1 is 1.12 bits per heavy atom. The third kappa shape index (κ3) is 5.45. The Bertz CT molecular complexity index is 1000. The molecule has 6 heteroatoms. The van der Waals surface area contributed by atoms with Crippen LogP contribution in [0.4, 0.5) is 4.39 Å². The third-order valence-electron chi connectivity index (χ3n) is 7.68. The van der Waals surface area contributed by atoms with Crippen LogP contribution in [-0.2, 0) is 0 Å². The Kier molecular flexibility index (Phi) is 7.18. The number of nitrogens with one attached hydrogen (secondary N) is 1. The van der Waals surface area contributed by atoms with E-state index in [2.05, 4.69) is 34.5 Å². The highest BCUT2D eigenvalue weighted by atomic mass is 19.1. The van der Waals surface area contributed by atoms with Crippen molar-refractivity contribution in [1.82, 2.24) is 10.2 Å². The van der Waals surface area contributed by atoms with Crippen molar-refractivity contribution in [3.8, 4) is 11.5 Å². The quantitative estimate of drug-likeness (QED) is 0.586. The van der Waals surface area contributed by atoms with E-state index in [1.54, 1.807) is 13.2 Å². The molecule has 34 heavy (non-hydrogen) atoms. The predicted molar refractivity (Wildman–Crippen MR) is 132 cm³/mol. The van der Waals surface area contributed by atoms with Crippen LogP contribution in [0.3, 0.4) is 0 Å². The molecule has 0 radical (unpaired) electrons. The summed E-state index contributed by atoms with van der Waals surface area (Å²) < 4.78 is 24.5. The number of rotatable bonds is 7. The summed E-state index contributed by atoms with van der Waals surface area (Å²) in [7, 11) is 1.71. The number of methoxy groups -OCH3 is 1. The summed E-state index contributed by atoms with van der Waals surface area (Å²) in [5, 5.41) is 14.1. The first-order valence-corrected chi connectivity index (χ1v) is 12.5. The van der Waals surface area contributed by atoms with Crippen LogP contribution in [0.5, 0.6) is 11.5 Å². The van der Waals surface area contributed by atoms with Gasteiger partial charge in [-0.25, -0.2) is 4.39 Å². The van der Waals surface area contributed by atoms with Gasteiger partial charge < -0.3 is 19.5 Å². The Labute approximate surface area is 201 Å². The second kappa shape index (κ2) is 10.5. The van der Waals surface area contributed by atoms with Crippen molar-refractivity contribution in [3.63, 3.8) is 0 Å². The molecule has 1 aliphatic carbocycles. The molecule has 1 saturated heterocycles. The van der Waals surface area contributed by atoms with Crippen molar-refractivity contribution < 1.29 is 19.0 Å². The van der Waals surface area contributed by atoms with Crippen molar-refractivity contribution in [2.45, 2.75) is 50.3 Å². The van der Waals surface area contributed by atoms with E-state index >= 15 is 0 Å². The molecule has 2 heterocycles. The van der Waals surface area contributed by atoms with Gasteiger partial charge in [0.25, 0.3) is 0 Å². The molecule has 182 valence electrons. The number of ether oxygens (including phenoxy) is 2. The normalized spacial score (nSPS) is 24.3. The molecule has 2 aliphatic heterocycles. The molecule has 2 N–H and O–H groups in total. The lowest BCUT2D eigenvalue weighted by molar-refractivity contribution is 0.140. The monoisotopic (exact) mass is 466 g/mol. The number of piperidine rings is 1. The SMILES string of the molecule is COc1ccc(C2CCN(CC3CCC(NC(O)C4=Cc5cc(F)ccc5OC4)C3)CC2)cc1. The maximum atomic E-state index is 13.6. The van der Waals surface area contributed by atoms with Crippen LogP contribution in [0, 0.1) is 11.7 Å². The highest BCUT2D eigenvalue weighted by Gasteiger charge is 2.30. The van der Waals surface area contributed by atoms with Gasteiger partial charge in [0, 0.05) is 23.7 Å². The van der Waals surface area contributed by atoms with Crippen LogP contribution in [0.25, 0.3) is 6.08 Å². The molecule has 3 atom stereocenters. The molecule has 2 aromatic rings. The van der Waals surface area contributed by atoms with E-state index in [1.165, 1.54) is 37.0 Å². The zero-order valence-electron chi connectivity index (χ0n) is 19.9. The van der Waals surface area contributed by atoms with Gasteiger partial charge in [-0.1, -0.05) is 12.1 Å². The molecule has 0 bridgehead atoms. The van der Waals surface area contributed by atoms with Gasteiger partial charge in [-0.2, -0.15) is 0 Å². The molecule has 2 fully saturated rings. The van der Waals surface area contributed by atoms with Crippen molar-refractivity contribution >= 4 is 6.08 Å². The lowest BCUT2D eigenvalue weighted by atomic mass is 9.89. The lowest BCUT2D eigenvalue weighted by Crippen LogP contribution is -2.40. The highest BCUT2D eigenvalue weighted by Crippen LogP contribution is 2.33. The van der Waals surface area contributed by atoms with E-state index < -0.39 is 6.23 Å². The fourth-order valence-corrected chi connectivity index (χ4v) is 5.74. The molecule has 5 rings (SSSR count). The van der Waals surface area contributed by atoms with Crippen LogP contribution in [-0.4, -0.2) is 55.6 Å². The Balaban J connectivity index is 1.07. The number of hydrogen-bond acceptors (Lipinski definition) is 5. The lowest BCUT2D eigenvalue weighted by Gasteiger charge is -2.34. The van der Waals surface area contributed by atoms with Crippen LogP contribution < -0.4 is 14.8 Å². The highest BCUT2D eigenvalue weighted by molar-refractivity contribution is 5.62. The summed E-state index contributed by atoms with van der Waals surface area (Å²) in [5.41, 5.74) is 2.86. The number of fused-ring (bicyclic) bond motifs is 1. The predicted octanol–water partition coefficient (Wildman–Crippen LogP) is 4.57. The van der Waals surface area contributed by atoms with Gasteiger partial charge in [0.15, 0.2) is 0 Å². The van der Waals surface area contributed by atoms with Crippen LogP contribution >= 0.6 is 0 Å². The minimum Gasteiger partial charge on any atom is -0.497 e. The summed E-state index contributed by atoms with van der Waals surface area (Å²) >= 11 is 0. The Morgan fingerprint density at radius 3 is 2.68 bits per heavy atom. The first kappa shape index (κ1) is 23.3. The standard InChI is InChI=1S/C28H35FN2O3/c1-33-26-7-3-20(4-8-26)21-10-12-31(13-11-21)17-19-2-6-25(14-19)30-28(32)23-15-22-16-24(29)5-9-27(22)34-18-23/h3-5,7-9,15-16,19,21,25,28,30,32H,2,6,10-14,17-18H2,1H3. The van der Waals surface area contributed by atoms with E-state index in [0.717, 1.165) is 43.8 Å². The summed E-state index contributed by atoms with van der Waals surface area (Å²) in [4.78, 5) is 2.62. The van der Waals surface area contributed by atoms with Crippen molar-refractivity contribution in [2.24, 2.45) is 5.92 Å². The number of benzene rings is 2. The van der Waals surface area contributed by atoms with E-state index in [9.17, 15) is 9.50 Å². The fraction of sp³-hybridized carbons (Fsp3) is 0.500. The molecule has 2 aromatic carbocycles. The average molecular weight is 467 g/mol. The van der Waals surface area contributed by atoms with Gasteiger partial charge in [-0.15, -0.1) is 0 Å². The van der Waals surface area contributed by atoms with Crippen LogP contribution in [0.15, 0.2) is 48.0 Å². The van der Waals surface area contributed by atoms with Crippen LogP contribution in [0.1, 0.15) is 49.1 Å². The Hall–Kier alpha value is -2.41. The molecule has 0 amide bonds. The zero-order chi connectivity index (χ0) is 23.5. The molecular formula is C28H35FN2O3. The van der Waals surface area contributed by atoms with Gasteiger partial charge >= 0.3 is 0 Å². The van der Waals surface area contributed by atoms with Gasteiger partial charge in [-0.3, -0.25) is 5.32 Å². The minimum atomic E-state index is -0.764. The van der Waals surface area contributed by atoms with Crippen molar-refractivity contribution in [3.05, 3.63) is 65.0 Å². The first-order valence-electron chi connectivity index (χ1n) is 12.5. The number of aliphatic hydroxyl groups is 1. The topological polar surface area (TPSA) is 54.0 Å². The van der Waals surface area contributed by atoms with Gasteiger partial charge in [0.1, 0.15) is 30.2 Å². The summed E-state index contributed by atoms with van der Waals surface area (Å²) in [6, 6.07) is 13.3. The zero-order valence-corrected chi connectivity index (χ0v) is 19.9. The van der Waals surface area contributed by atoms with Crippen molar-refractivity contribution in [1.29, 1.82) is 0 Å². The van der Waals surface area contributed by atoms with Crippen molar-refractivity contribution in [2.75, 3.05) is 33.4 Å². The molecular weight excluding hydrogens is 431 g/mol. The first-order chi connectivity index (χ1) is 16.6.